The van der Waals surface area contributed by atoms with Crippen LogP contribution in [0.25, 0.3) is 0 Å². The van der Waals surface area contributed by atoms with Gasteiger partial charge in [0, 0.05) is 44.2 Å². The van der Waals surface area contributed by atoms with E-state index in [1.54, 1.807) is 0 Å². The van der Waals surface area contributed by atoms with Gasteiger partial charge in [0.2, 0.25) is 5.91 Å². The van der Waals surface area contributed by atoms with Crippen LogP contribution >= 0.6 is 0 Å². The van der Waals surface area contributed by atoms with E-state index in [0.717, 1.165) is 35.3 Å². The molecule has 0 aromatic heterocycles. The highest BCUT2D eigenvalue weighted by Crippen LogP contribution is 2.53. The highest BCUT2D eigenvalue weighted by Gasteiger charge is 2.50. The molecule has 3 aliphatic heterocycles. The van der Waals surface area contributed by atoms with Gasteiger partial charge in [0.15, 0.2) is 6.29 Å². The number of hydrogen-bond donors (Lipinski definition) is 2. The molecule has 11 heteroatoms. The second kappa shape index (κ2) is 13.1. The number of nitrogens with one attached hydrogen (secondary N) is 1. The number of alkyl halides is 3. The van der Waals surface area contributed by atoms with E-state index in [-0.39, 0.29) is 38.3 Å². The minimum atomic E-state index is -5.01. The molecule has 4 fully saturated rings. The van der Waals surface area contributed by atoms with Gasteiger partial charge in [-0.1, -0.05) is 69.3 Å². The summed E-state index contributed by atoms with van der Waals surface area (Å²) in [5.41, 5.74) is 4.08. The zero-order valence-electron chi connectivity index (χ0n) is 27.4. The Labute approximate surface area is 274 Å². The number of likely N-dealkylation sites (tertiary alicyclic amines) is 2. The van der Waals surface area contributed by atoms with Crippen LogP contribution in [0.5, 0.6) is 0 Å². The van der Waals surface area contributed by atoms with Crippen molar-refractivity contribution in [3.63, 3.8) is 0 Å². The first-order chi connectivity index (χ1) is 22.2. The third kappa shape index (κ3) is 7.69. The Hall–Kier alpha value is -2.99. The number of carbonyl (C=O) groups is 2. The van der Waals surface area contributed by atoms with E-state index in [1.165, 1.54) is 19.3 Å². The number of rotatable bonds is 8. The first-order valence-corrected chi connectivity index (χ1v) is 16.7. The van der Waals surface area contributed by atoms with Crippen LogP contribution < -0.4 is 5.32 Å². The number of aliphatic hydroxyl groups excluding tert-OH is 1. The smallest absolute Gasteiger partial charge is 0.392 e. The zero-order chi connectivity index (χ0) is 33.6. The fourth-order valence-corrected chi connectivity index (χ4v) is 8.63. The molecule has 4 aliphatic rings. The van der Waals surface area contributed by atoms with Crippen LogP contribution in [-0.2, 0) is 32.2 Å². The average Bonchev–Trinajstić information content (AvgIpc) is 3.60. The largest absolute Gasteiger partial charge is 0.471 e. The van der Waals surface area contributed by atoms with Crippen LogP contribution in [0.1, 0.15) is 93.9 Å². The van der Waals surface area contributed by atoms with Gasteiger partial charge in [-0.3, -0.25) is 14.5 Å². The Morgan fingerprint density at radius 1 is 0.979 bits per heavy atom. The van der Waals surface area contributed by atoms with Crippen molar-refractivity contribution in [1.29, 1.82) is 0 Å². The highest BCUT2D eigenvalue weighted by molar-refractivity contribution is 5.90. The Balaban J connectivity index is 1.13. The summed E-state index contributed by atoms with van der Waals surface area (Å²) in [6.07, 6.45) is -1.02. The van der Waals surface area contributed by atoms with Crippen molar-refractivity contribution in [2.75, 3.05) is 19.6 Å². The molecule has 2 N–H and O–H groups in total. The van der Waals surface area contributed by atoms with E-state index in [4.69, 9.17) is 9.47 Å². The average molecular weight is 658 g/mol. The lowest BCUT2D eigenvalue weighted by atomic mass is 9.65. The maximum Gasteiger partial charge on any atom is 0.471 e. The SMILES string of the molecule is CC1(C)CC2CC(C)(CN2CC2CC(c3ccc(CO)cc3)OC(c3ccc(CNC(=O)C4CCCN4C(=O)C(F)(F)F)cc3)O2)C1. The number of carbonyl (C=O) groups excluding carboxylic acids is 2. The molecular weight excluding hydrogens is 611 g/mol. The van der Waals surface area contributed by atoms with Crippen LogP contribution in [-0.4, -0.2) is 70.7 Å². The number of benzene rings is 2. The van der Waals surface area contributed by atoms with Crippen LogP contribution in [0.2, 0.25) is 0 Å². The lowest BCUT2D eigenvalue weighted by molar-refractivity contribution is -0.253. The lowest BCUT2D eigenvalue weighted by Crippen LogP contribution is -2.50. The molecule has 2 aromatic carbocycles. The normalized spacial score (nSPS) is 30.8. The molecule has 47 heavy (non-hydrogen) atoms. The van der Waals surface area contributed by atoms with Crippen LogP contribution in [0.15, 0.2) is 48.5 Å². The molecule has 3 heterocycles. The Morgan fingerprint density at radius 3 is 2.34 bits per heavy atom. The molecule has 2 amide bonds. The molecule has 0 spiro atoms. The summed E-state index contributed by atoms with van der Waals surface area (Å²) in [6, 6.07) is 14.7. The highest BCUT2D eigenvalue weighted by atomic mass is 19.4. The maximum absolute atomic E-state index is 13.0. The molecule has 8 nitrogen and oxygen atoms in total. The van der Waals surface area contributed by atoms with E-state index >= 15 is 0 Å². The molecule has 6 atom stereocenters. The molecule has 6 unspecified atom stereocenters. The third-order valence-corrected chi connectivity index (χ3v) is 10.4. The van der Waals surface area contributed by atoms with Crippen molar-refractivity contribution in [2.24, 2.45) is 10.8 Å². The Kier molecular flexibility index (Phi) is 9.47. The van der Waals surface area contributed by atoms with Crippen molar-refractivity contribution in [2.45, 2.75) is 109 Å². The zero-order valence-corrected chi connectivity index (χ0v) is 27.4. The van der Waals surface area contributed by atoms with Crippen molar-refractivity contribution >= 4 is 11.8 Å². The number of hydrogen-bond acceptors (Lipinski definition) is 6. The predicted octanol–water partition coefficient (Wildman–Crippen LogP) is 5.79. The maximum atomic E-state index is 13.0. The Bertz CT molecular complexity index is 1430. The van der Waals surface area contributed by atoms with E-state index in [1.807, 2.05) is 48.5 Å². The minimum absolute atomic E-state index is 0.0248. The molecule has 1 saturated carbocycles. The number of halogens is 3. The van der Waals surface area contributed by atoms with Crippen LogP contribution in [0.4, 0.5) is 13.2 Å². The first-order valence-electron chi connectivity index (χ1n) is 16.7. The summed E-state index contributed by atoms with van der Waals surface area (Å²) in [4.78, 5) is 27.8. The van der Waals surface area contributed by atoms with Gasteiger partial charge in [0.1, 0.15) is 6.04 Å². The van der Waals surface area contributed by atoms with Crippen molar-refractivity contribution in [3.05, 3.63) is 70.8 Å². The van der Waals surface area contributed by atoms with Crippen molar-refractivity contribution in [1.82, 2.24) is 15.1 Å². The molecular formula is C36H46F3N3O5. The second-order valence-electron chi connectivity index (χ2n) is 15.1. The van der Waals surface area contributed by atoms with Gasteiger partial charge >= 0.3 is 12.1 Å². The molecule has 2 bridgehead atoms. The fourth-order valence-electron chi connectivity index (χ4n) is 8.63. The minimum Gasteiger partial charge on any atom is -0.392 e. The number of fused-ring (bicyclic) bond motifs is 2. The van der Waals surface area contributed by atoms with Gasteiger partial charge in [-0.15, -0.1) is 0 Å². The number of aliphatic hydroxyl groups is 1. The van der Waals surface area contributed by atoms with Crippen LogP contribution in [0.3, 0.4) is 0 Å². The predicted molar refractivity (Wildman–Crippen MR) is 169 cm³/mol. The number of ether oxygens (including phenoxy) is 2. The van der Waals surface area contributed by atoms with E-state index in [9.17, 15) is 27.9 Å². The lowest BCUT2D eigenvalue weighted by Gasteiger charge is -2.41. The standard InChI is InChI=1S/C36H46F3N3O5/c1-34(2)16-27-17-35(3,21-34)22-41(27)19-28-15-30(25-10-8-24(20-43)9-11-25)47-32(46-28)26-12-6-23(7-13-26)18-40-31(44)29-5-4-14-42(29)33(45)36(37,38)39/h6-13,27-30,32,43H,4-5,14-22H2,1-3H3,(H,40,44). The summed E-state index contributed by atoms with van der Waals surface area (Å²) in [7, 11) is 0. The molecule has 6 rings (SSSR count). The summed E-state index contributed by atoms with van der Waals surface area (Å²) < 4.78 is 52.1. The second-order valence-corrected chi connectivity index (χ2v) is 15.1. The van der Waals surface area contributed by atoms with E-state index < -0.39 is 30.3 Å². The number of amides is 2. The van der Waals surface area contributed by atoms with Crippen molar-refractivity contribution in [3.8, 4) is 0 Å². The number of nitrogens with zero attached hydrogens (tertiary/aromatic N) is 2. The van der Waals surface area contributed by atoms with Gasteiger partial charge in [-0.2, -0.15) is 13.2 Å². The van der Waals surface area contributed by atoms with Crippen molar-refractivity contribution < 1.29 is 37.3 Å². The monoisotopic (exact) mass is 657 g/mol. The molecule has 2 aromatic rings. The quantitative estimate of drug-likeness (QED) is 0.374. The van der Waals surface area contributed by atoms with Crippen LogP contribution in [0, 0.1) is 10.8 Å². The summed E-state index contributed by atoms with van der Waals surface area (Å²) in [6.45, 7) is 9.05. The summed E-state index contributed by atoms with van der Waals surface area (Å²) in [5, 5.41) is 12.2. The van der Waals surface area contributed by atoms with Gasteiger partial charge in [-0.05, 0) is 59.6 Å². The van der Waals surface area contributed by atoms with Gasteiger partial charge in [0.05, 0.1) is 18.8 Å². The summed E-state index contributed by atoms with van der Waals surface area (Å²) in [5.74, 6) is -2.57. The first kappa shape index (κ1) is 33.9. The molecule has 0 radical (unpaired) electrons. The summed E-state index contributed by atoms with van der Waals surface area (Å²) >= 11 is 0. The van der Waals surface area contributed by atoms with Gasteiger partial charge in [-0.25, -0.2) is 0 Å². The molecule has 3 saturated heterocycles. The topological polar surface area (TPSA) is 91.3 Å². The van der Waals surface area contributed by atoms with E-state index in [0.29, 0.717) is 34.6 Å². The van der Waals surface area contributed by atoms with E-state index in [2.05, 4.69) is 31.0 Å². The van der Waals surface area contributed by atoms with Gasteiger partial charge < -0.3 is 24.8 Å². The van der Waals surface area contributed by atoms with Gasteiger partial charge in [0.25, 0.3) is 0 Å². The third-order valence-electron chi connectivity index (χ3n) is 10.4. The Morgan fingerprint density at radius 2 is 1.66 bits per heavy atom. The molecule has 1 aliphatic carbocycles. The fraction of sp³-hybridized carbons (Fsp3) is 0.611. The molecule has 256 valence electrons.